The average molecular weight is 267 g/mol. The molecule has 0 fully saturated rings. The second kappa shape index (κ2) is 7.44. The van der Waals surface area contributed by atoms with Crippen LogP contribution in [-0.2, 0) is 0 Å². The number of nitrogens with one attached hydrogen (secondary N) is 1. The van der Waals surface area contributed by atoms with Crippen LogP contribution >= 0.6 is 11.8 Å². The molecule has 0 aliphatic heterocycles. The third-order valence-corrected chi connectivity index (χ3v) is 3.66. The largest absolute Gasteiger partial charge is 0.396 e. The van der Waals surface area contributed by atoms with Crippen LogP contribution in [0.3, 0.4) is 0 Å². The van der Waals surface area contributed by atoms with Crippen molar-refractivity contribution in [2.45, 2.75) is 31.2 Å². The topological polar surface area (TPSA) is 49.3 Å². The Balaban J connectivity index is 2.67. The van der Waals surface area contributed by atoms with Gasteiger partial charge in [-0.05, 0) is 42.9 Å². The molecular weight excluding hydrogens is 246 g/mol. The van der Waals surface area contributed by atoms with E-state index in [1.165, 1.54) is 0 Å². The molecular formula is C14H21NO2S. The Morgan fingerprint density at radius 2 is 1.94 bits per heavy atom. The summed E-state index contributed by atoms with van der Waals surface area (Å²) in [6, 6.07) is 7.56. The molecule has 0 spiro atoms. The molecule has 1 aromatic rings. The summed E-state index contributed by atoms with van der Waals surface area (Å²) >= 11 is 1.65. The number of rotatable bonds is 6. The third-order valence-electron chi connectivity index (χ3n) is 2.91. The zero-order valence-electron chi connectivity index (χ0n) is 11.1. The Morgan fingerprint density at radius 1 is 1.33 bits per heavy atom. The Labute approximate surface area is 113 Å². The molecule has 4 heteroatoms. The standard InChI is InChI=1S/C14H21NO2S/c1-10(2)13(8-9-16)15-14(17)11-4-6-12(18-3)7-5-11/h4-7,10,13,16H,8-9H2,1-3H3,(H,15,17). The number of hydrogen-bond donors (Lipinski definition) is 2. The van der Waals surface area contributed by atoms with Gasteiger partial charge in [-0.15, -0.1) is 11.8 Å². The molecule has 1 rings (SSSR count). The number of aliphatic hydroxyl groups excluding tert-OH is 1. The van der Waals surface area contributed by atoms with Gasteiger partial charge in [0.05, 0.1) is 0 Å². The molecule has 0 saturated carbocycles. The minimum Gasteiger partial charge on any atom is -0.396 e. The predicted octanol–water partition coefficient (Wildman–Crippen LogP) is 2.55. The first-order valence-electron chi connectivity index (χ1n) is 6.14. The molecule has 0 aromatic heterocycles. The molecule has 0 heterocycles. The Hall–Kier alpha value is -1.00. The average Bonchev–Trinajstić information content (AvgIpc) is 2.38. The van der Waals surface area contributed by atoms with Gasteiger partial charge in [0, 0.05) is 23.1 Å². The molecule has 0 bridgehead atoms. The van der Waals surface area contributed by atoms with Gasteiger partial charge in [0.15, 0.2) is 0 Å². The third kappa shape index (κ3) is 4.35. The maximum Gasteiger partial charge on any atom is 0.251 e. The monoisotopic (exact) mass is 267 g/mol. The van der Waals surface area contributed by atoms with Crippen molar-refractivity contribution in [1.82, 2.24) is 5.32 Å². The van der Waals surface area contributed by atoms with Gasteiger partial charge in [-0.3, -0.25) is 4.79 Å². The number of aliphatic hydroxyl groups is 1. The molecule has 3 nitrogen and oxygen atoms in total. The van der Waals surface area contributed by atoms with Crippen molar-refractivity contribution in [1.29, 1.82) is 0 Å². The van der Waals surface area contributed by atoms with Gasteiger partial charge in [-0.25, -0.2) is 0 Å². The molecule has 0 aliphatic carbocycles. The van der Waals surface area contributed by atoms with Crippen LogP contribution in [0.4, 0.5) is 0 Å². The van der Waals surface area contributed by atoms with Crippen molar-refractivity contribution >= 4 is 17.7 Å². The summed E-state index contributed by atoms with van der Waals surface area (Å²) in [5.74, 6) is 0.237. The minimum atomic E-state index is -0.0743. The fourth-order valence-electron chi connectivity index (χ4n) is 1.71. The molecule has 0 radical (unpaired) electrons. The van der Waals surface area contributed by atoms with Crippen molar-refractivity contribution in [2.75, 3.05) is 12.9 Å². The highest BCUT2D eigenvalue weighted by Crippen LogP contribution is 2.15. The van der Waals surface area contributed by atoms with Crippen LogP contribution in [0.2, 0.25) is 0 Å². The van der Waals surface area contributed by atoms with E-state index in [1.807, 2.05) is 44.4 Å². The van der Waals surface area contributed by atoms with Crippen LogP contribution in [0.1, 0.15) is 30.6 Å². The summed E-state index contributed by atoms with van der Waals surface area (Å²) in [7, 11) is 0. The Kier molecular flexibility index (Phi) is 6.22. The van der Waals surface area contributed by atoms with E-state index >= 15 is 0 Å². The first kappa shape index (κ1) is 15.1. The van der Waals surface area contributed by atoms with E-state index < -0.39 is 0 Å². The first-order valence-corrected chi connectivity index (χ1v) is 7.36. The van der Waals surface area contributed by atoms with E-state index in [2.05, 4.69) is 5.32 Å². The summed E-state index contributed by atoms with van der Waals surface area (Å²) in [5, 5.41) is 11.9. The van der Waals surface area contributed by atoms with Crippen molar-refractivity contribution in [3.8, 4) is 0 Å². The Morgan fingerprint density at radius 3 is 2.39 bits per heavy atom. The lowest BCUT2D eigenvalue weighted by Crippen LogP contribution is -2.39. The molecule has 1 unspecified atom stereocenters. The lowest BCUT2D eigenvalue weighted by atomic mass is 10.0. The molecule has 1 aromatic carbocycles. The molecule has 1 atom stereocenters. The molecule has 0 saturated heterocycles. The number of hydrogen-bond acceptors (Lipinski definition) is 3. The lowest BCUT2D eigenvalue weighted by molar-refractivity contribution is 0.0916. The molecule has 18 heavy (non-hydrogen) atoms. The summed E-state index contributed by atoms with van der Waals surface area (Å²) in [5.41, 5.74) is 0.663. The fourth-order valence-corrected chi connectivity index (χ4v) is 2.11. The second-order valence-electron chi connectivity index (χ2n) is 4.56. The zero-order chi connectivity index (χ0) is 13.5. The van der Waals surface area contributed by atoms with Crippen LogP contribution in [-0.4, -0.2) is 29.9 Å². The number of carbonyl (C=O) groups excluding carboxylic acids is 1. The summed E-state index contributed by atoms with van der Waals surface area (Å²) in [6.45, 7) is 4.17. The van der Waals surface area contributed by atoms with E-state index in [0.717, 1.165) is 4.90 Å². The van der Waals surface area contributed by atoms with Crippen LogP contribution in [0.5, 0.6) is 0 Å². The minimum absolute atomic E-state index is 0.0164. The van der Waals surface area contributed by atoms with Gasteiger partial charge in [0.1, 0.15) is 0 Å². The Bertz CT molecular complexity index is 376. The smallest absolute Gasteiger partial charge is 0.251 e. The van der Waals surface area contributed by atoms with Gasteiger partial charge in [-0.2, -0.15) is 0 Å². The second-order valence-corrected chi connectivity index (χ2v) is 5.44. The highest BCUT2D eigenvalue weighted by atomic mass is 32.2. The number of amides is 1. The fraction of sp³-hybridized carbons (Fsp3) is 0.500. The van der Waals surface area contributed by atoms with Crippen LogP contribution in [0, 0.1) is 5.92 Å². The number of benzene rings is 1. The molecule has 2 N–H and O–H groups in total. The molecule has 1 amide bonds. The van der Waals surface area contributed by atoms with E-state index in [-0.39, 0.29) is 18.6 Å². The van der Waals surface area contributed by atoms with E-state index in [0.29, 0.717) is 17.9 Å². The normalized spacial score (nSPS) is 12.5. The highest BCUT2D eigenvalue weighted by Gasteiger charge is 2.16. The van der Waals surface area contributed by atoms with Gasteiger partial charge >= 0.3 is 0 Å². The first-order chi connectivity index (χ1) is 8.58. The van der Waals surface area contributed by atoms with Crippen molar-refractivity contribution in [3.05, 3.63) is 29.8 Å². The maximum absolute atomic E-state index is 12.0. The number of thioether (sulfide) groups is 1. The summed E-state index contributed by atoms with van der Waals surface area (Å²) in [6.07, 6.45) is 2.59. The van der Waals surface area contributed by atoms with Gasteiger partial charge in [0.2, 0.25) is 0 Å². The lowest BCUT2D eigenvalue weighted by Gasteiger charge is -2.21. The van der Waals surface area contributed by atoms with Crippen LogP contribution in [0.15, 0.2) is 29.2 Å². The van der Waals surface area contributed by atoms with Gasteiger partial charge in [0.25, 0.3) is 5.91 Å². The maximum atomic E-state index is 12.0. The summed E-state index contributed by atoms with van der Waals surface area (Å²) < 4.78 is 0. The molecule has 0 aliphatic rings. The van der Waals surface area contributed by atoms with Gasteiger partial charge in [-0.1, -0.05) is 13.8 Å². The predicted molar refractivity (Wildman–Crippen MR) is 76.0 cm³/mol. The van der Waals surface area contributed by atoms with Crippen molar-refractivity contribution in [2.24, 2.45) is 5.92 Å². The highest BCUT2D eigenvalue weighted by molar-refractivity contribution is 7.98. The molecule has 100 valence electrons. The van der Waals surface area contributed by atoms with Crippen molar-refractivity contribution in [3.63, 3.8) is 0 Å². The van der Waals surface area contributed by atoms with Crippen molar-refractivity contribution < 1.29 is 9.90 Å². The van der Waals surface area contributed by atoms with Crippen LogP contribution in [0.25, 0.3) is 0 Å². The van der Waals surface area contributed by atoms with E-state index in [1.54, 1.807) is 11.8 Å². The van der Waals surface area contributed by atoms with Gasteiger partial charge < -0.3 is 10.4 Å². The van der Waals surface area contributed by atoms with E-state index in [4.69, 9.17) is 5.11 Å². The van der Waals surface area contributed by atoms with Crippen LogP contribution < -0.4 is 5.32 Å². The van der Waals surface area contributed by atoms with E-state index in [9.17, 15) is 4.79 Å². The summed E-state index contributed by atoms with van der Waals surface area (Å²) in [4.78, 5) is 13.2. The quantitative estimate of drug-likeness (QED) is 0.779. The SMILES string of the molecule is CSc1ccc(C(=O)NC(CCO)C(C)C)cc1. The zero-order valence-corrected chi connectivity index (χ0v) is 12.0. The number of carbonyl (C=O) groups is 1.